The fraction of sp³-hybridized carbons (Fsp3) is 0.269. The number of hydrogen-bond donors (Lipinski definition) is 1. The Morgan fingerprint density at radius 2 is 1.46 bits per heavy atom. The Bertz CT molecular complexity index is 1240. The molecule has 0 radical (unpaired) electrons. The van der Waals surface area contributed by atoms with E-state index in [1.807, 2.05) is 38.1 Å². The molecular weight excluding hydrogens is 468 g/mol. The number of nitrogens with zero attached hydrogens (tertiary/aromatic N) is 1. The highest BCUT2D eigenvalue weighted by atomic mass is 32.2. The predicted octanol–water partition coefficient (Wildman–Crippen LogP) is 3.71. The Morgan fingerprint density at radius 1 is 0.857 bits per heavy atom. The Balaban J connectivity index is 1.81. The number of methoxy groups -OCH3 is 2. The van der Waals surface area contributed by atoms with Gasteiger partial charge in [0, 0.05) is 6.07 Å². The van der Waals surface area contributed by atoms with Gasteiger partial charge in [-0.05, 0) is 50.2 Å². The van der Waals surface area contributed by atoms with Gasteiger partial charge in [-0.15, -0.1) is 0 Å². The molecular formula is C26H30N2O6S. The first kappa shape index (κ1) is 25.9. The van der Waals surface area contributed by atoms with E-state index in [1.54, 1.807) is 24.3 Å². The summed E-state index contributed by atoms with van der Waals surface area (Å²) in [4.78, 5) is 12.9. The molecule has 0 spiro atoms. The van der Waals surface area contributed by atoms with Gasteiger partial charge < -0.3 is 19.5 Å². The van der Waals surface area contributed by atoms with Crippen LogP contribution in [0.1, 0.15) is 11.1 Å². The standard InChI is InChI=1S/C26H30N2O6S/c1-19-5-9-21(10-6-19)34-16-15-27-26(29)18-28(24-17-22(32-3)11-14-25(24)33-4)35(30,31)23-12-7-20(2)8-13-23/h5-14,17H,15-16,18H2,1-4H3,(H,27,29). The molecule has 1 amide bonds. The number of sulfonamides is 1. The summed E-state index contributed by atoms with van der Waals surface area (Å²) in [7, 11) is -1.18. The third kappa shape index (κ3) is 6.66. The molecule has 0 fully saturated rings. The first-order valence-corrected chi connectivity index (χ1v) is 12.5. The van der Waals surface area contributed by atoms with E-state index in [9.17, 15) is 13.2 Å². The van der Waals surface area contributed by atoms with Crippen molar-refractivity contribution in [2.24, 2.45) is 0 Å². The van der Waals surface area contributed by atoms with E-state index in [2.05, 4.69) is 5.32 Å². The van der Waals surface area contributed by atoms with Crippen LogP contribution in [-0.4, -0.2) is 48.2 Å². The van der Waals surface area contributed by atoms with Gasteiger partial charge in [0.1, 0.15) is 30.4 Å². The molecule has 0 aromatic heterocycles. The van der Waals surface area contributed by atoms with Crippen molar-refractivity contribution >= 4 is 21.6 Å². The Labute approximate surface area is 206 Å². The molecule has 0 aliphatic carbocycles. The summed E-state index contributed by atoms with van der Waals surface area (Å²) in [5.74, 6) is 0.918. The Hall–Kier alpha value is -3.72. The molecule has 0 saturated carbocycles. The second-order valence-electron chi connectivity index (χ2n) is 7.87. The van der Waals surface area contributed by atoms with E-state index in [-0.39, 0.29) is 29.5 Å². The Morgan fingerprint density at radius 3 is 2.06 bits per heavy atom. The number of carbonyl (C=O) groups is 1. The van der Waals surface area contributed by atoms with E-state index in [0.29, 0.717) is 11.5 Å². The van der Waals surface area contributed by atoms with Gasteiger partial charge in [0.25, 0.3) is 10.0 Å². The van der Waals surface area contributed by atoms with Gasteiger partial charge in [0.15, 0.2) is 0 Å². The first-order valence-electron chi connectivity index (χ1n) is 11.0. The van der Waals surface area contributed by atoms with Gasteiger partial charge in [-0.3, -0.25) is 9.10 Å². The third-order valence-corrected chi connectivity index (χ3v) is 7.04. The Kier molecular flexibility index (Phi) is 8.59. The molecule has 0 heterocycles. The fourth-order valence-electron chi connectivity index (χ4n) is 3.31. The number of amides is 1. The number of rotatable bonds is 11. The molecule has 3 aromatic carbocycles. The predicted molar refractivity (Wildman–Crippen MR) is 135 cm³/mol. The lowest BCUT2D eigenvalue weighted by Crippen LogP contribution is -2.42. The van der Waals surface area contributed by atoms with Gasteiger partial charge in [0.05, 0.1) is 31.3 Å². The third-order valence-electron chi connectivity index (χ3n) is 5.26. The molecule has 8 nitrogen and oxygen atoms in total. The zero-order valence-electron chi connectivity index (χ0n) is 20.3. The smallest absolute Gasteiger partial charge is 0.264 e. The van der Waals surface area contributed by atoms with Crippen LogP contribution in [-0.2, 0) is 14.8 Å². The molecule has 3 rings (SSSR count). The number of aryl methyl sites for hydroxylation is 2. The SMILES string of the molecule is COc1ccc(OC)c(N(CC(=O)NCCOc2ccc(C)cc2)S(=O)(=O)c2ccc(C)cc2)c1. The normalized spacial score (nSPS) is 11.0. The number of hydrogen-bond acceptors (Lipinski definition) is 6. The summed E-state index contributed by atoms with van der Waals surface area (Å²) >= 11 is 0. The summed E-state index contributed by atoms with van der Waals surface area (Å²) < 4.78 is 44.6. The highest BCUT2D eigenvalue weighted by molar-refractivity contribution is 7.92. The average molecular weight is 499 g/mol. The van der Waals surface area contributed by atoms with Crippen LogP contribution >= 0.6 is 0 Å². The van der Waals surface area contributed by atoms with Gasteiger partial charge in [-0.1, -0.05) is 35.4 Å². The molecule has 1 N–H and O–H groups in total. The zero-order valence-corrected chi connectivity index (χ0v) is 21.1. The van der Waals surface area contributed by atoms with Crippen molar-refractivity contribution in [2.45, 2.75) is 18.7 Å². The van der Waals surface area contributed by atoms with E-state index in [0.717, 1.165) is 15.4 Å². The lowest BCUT2D eigenvalue weighted by atomic mass is 10.2. The lowest BCUT2D eigenvalue weighted by molar-refractivity contribution is -0.119. The minimum Gasteiger partial charge on any atom is -0.497 e. The van der Waals surface area contributed by atoms with Crippen molar-refractivity contribution in [2.75, 3.05) is 38.2 Å². The van der Waals surface area contributed by atoms with Crippen molar-refractivity contribution in [1.82, 2.24) is 5.32 Å². The number of anilines is 1. The summed E-state index contributed by atoms with van der Waals surface area (Å²) in [5.41, 5.74) is 2.23. The molecule has 3 aromatic rings. The number of benzene rings is 3. The quantitative estimate of drug-likeness (QED) is 0.405. The second kappa shape index (κ2) is 11.6. The van der Waals surface area contributed by atoms with Crippen LogP contribution in [0.25, 0.3) is 0 Å². The monoisotopic (exact) mass is 498 g/mol. The topological polar surface area (TPSA) is 94.2 Å². The maximum Gasteiger partial charge on any atom is 0.264 e. The molecule has 0 aliphatic rings. The van der Waals surface area contributed by atoms with Crippen LogP contribution in [0.15, 0.2) is 71.6 Å². The fourth-order valence-corrected chi connectivity index (χ4v) is 4.73. The maximum absolute atomic E-state index is 13.6. The van der Waals surface area contributed by atoms with Crippen LogP contribution in [0, 0.1) is 13.8 Å². The minimum atomic E-state index is -4.10. The van der Waals surface area contributed by atoms with Crippen molar-refractivity contribution < 1.29 is 27.4 Å². The summed E-state index contributed by atoms with van der Waals surface area (Å²) in [6.45, 7) is 3.84. The largest absolute Gasteiger partial charge is 0.497 e. The van der Waals surface area contributed by atoms with Crippen molar-refractivity contribution in [3.63, 3.8) is 0 Å². The summed E-state index contributed by atoms with van der Waals surface area (Å²) in [6.07, 6.45) is 0. The number of nitrogens with one attached hydrogen (secondary N) is 1. The first-order chi connectivity index (χ1) is 16.7. The zero-order chi connectivity index (χ0) is 25.4. The van der Waals surface area contributed by atoms with Crippen molar-refractivity contribution in [1.29, 1.82) is 0 Å². The van der Waals surface area contributed by atoms with Gasteiger partial charge >= 0.3 is 0 Å². The summed E-state index contributed by atoms with van der Waals surface area (Å²) in [5, 5.41) is 2.72. The van der Waals surface area contributed by atoms with Gasteiger partial charge in [0.2, 0.25) is 5.91 Å². The molecule has 0 saturated heterocycles. The molecule has 0 atom stereocenters. The molecule has 186 valence electrons. The average Bonchev–Trinajstić information content (AvgIpc) is 2.86. The minimum absolute atomic E-state index is 0.0588. The highest BCUT2D eigenvalue weighted by Gasteiger charge is 2.30. The van der Waals surface area contributed by atoms with E-state index < -0.39 is 22.5 Å². The highest BCUT2D eigenvalue weighted by Crippen LogP contribution is 2.35. The molecule has 9 heteroatoms. The van der Waals surface area contributed by atoms with Crippen LogP contribution in [0.3, 0.4) is 0 Å². The molecule has 0 bridgehead atoms. The van der Waals surface area contributed by atoms with Crippen LogP contribution in [0.4, 0.5) is 5.69 Å². The van der Waals surface area contributed by atoms with Crippen LogP contribution in [0.5, 0.6) is 17.2 Å². The van der Waals surface area contributed by atoms with E-state index >= 15 is 0 Å². The lowest BCUT2D eigenvalue weighted by Gasteiger charge is -2.26. The number of carbonyl (C=O) groups excluding carboxylic acids is 1. The maximum atomic E-state index is 13.6. The molecule has 0 unspecified atom stereocenters. The van der Waals surface area contributed by atoms with Crippen LogP contribution in [0.2, 0.25) is 0 Å². The molecule has 0 aliphatic heterocycles. The number of ether oxygens (including phenoxy) is 3. The van der Waals surface area contributed by atoms with Crippen molar-refractivity contribution in [3.8, 4) is 17.2 Å². The van der Waals surface area contributed by atoms with Crippen molar-refractivity contribution in [3.05, 3.63) is 77.9 Å². The van der Waals surface area contributed by atoms with E-state index in [4.69, 9.17) is 14.2 Å². The van der Waals surface area contributed by atoms with Gasteiger partial charge in [-0.2, -0.15) is 0 Å². The second-order valence-corrected chi connectivity index (χ2v) is 9.74. The van der Waals surface area contributed by atoms with Crippen LogP contribution < -0.4 is 23.8 Å². The summed E-state index contributed by atoms with van der Waals surface area (Å²) in [6, 6.07) is 18.8. The van der Waals surface area contributed by atoms with Gasteiger partial charge in [-0.25, -0.2) is 8.42 Å². The van der Waals surface area contributed by atoms with E-state index in [1.165, 1.54) is 32.4 Å². The molecule has 35 heavy (non-hydrogen) atoms.